The normalized spacial score (nSPS) is 26.9. The third-order valence-electron chi connectivity index (χ3n) is 3.72. The van der Waals surface area contributed by atoms with E-state index in [1.54, 1.807) is 0 Å². The van der Waals surface area contributed by atoms with E-state index >= 15 is 0 Å². The average molecular weight is 320 g/mol. The Morgan fingerprint density at radius 3 is 1.76 bits per heavy atom. The Balaban J connectivity index is 0.000000383. The number of nitrogens with zero attached hydrogens (tertiary/aromatic N) is 1. The lowest BCUT2D eigenvalue weighted by atomic mass is 10.0. The van der Waals surface area contributed by atoms with Gasteiger partial charge in [0.25, 0.3) is 0 Å². The predicted molar refractivity (Wildman–Crippen MR) is 65.9 cm³/mol. The predicted octanol–water partition coefficient (Wildman–Crippen LogP) is -2.01. The molecular weight excluding hydrogens is 298 g/mol. The molecule has 1 atom stereocenters. The Morgan fingerprint density at radius 2 is 1.43 bits per heavy atom. The number of quaternary nitrogens is 1. The lowest BCUT2D eigenvalue weighted by Crippen LogP contribution is -2.68. The largest absolute Gasteiger partial charge is 0.311 e. The first-order valence-corrected chi connectivity index (χ1v) is 7.71. The molecule has 1 unspecified atom stereocenters. The zero-order valence-electron chi connectivity index (χ0n) is 13.0. The minimum Gasteiger partial charge on any atom is -0.311 e. The fourth-order valence-corrected chi connectivity index (χ4v) is 2.95. The number of ether oxygens (including phenoxy) is 1. The van der Waals surface area contributed by atoms with Gasteiger partial charge in [-0.1, -0.05) is 30.3 Å². The van der Waals surface area contributed by atoms with Gasteiger partial charge in [-0.05, 0) is 13.8 Å². The van der Waals surface area contributed by atoms with Gasteiger partial charge in [0.05, 0.1) is 14.1 Å². The van der Waals surface area contributed by atoms with Gasteiger partial charge in [0.2, 0.25) is 5.72 Å². The smallest absolute Gasteiger partial charge is 0.227 e. The molecule has 0 aromatic heterocycles. The van der Waals surface area contributed by atoms with Crippen LogP contribution in [0.4, 0.5) is 0 Å². The molecule has 0 saturated carbocycles. The van der Waals surface area contributed by atoms with Crippen molar-refractivity contribution in [3.05, 3.63) is 35.9 Å². The van der Waals surface area contributed by atoms with Crippen LogP contribution < -0.4 is 18.6 Å². The second-order valence-corrected chi connectivity index (χ2v) is 7.19. The van der Waals surface area contributed by atoms with Crippen LogP contribution in [0.5, 0.6) is 0 Å². The maximum absolute atomic E-state index is 8.49. The van der Waals surface area contributed by atoms with E-state index in [2.05, 4.69) is 59.1 Å². The molecule has 0 N–H and O–H groups in total. The number of rotatable bonds is 1. The minimum atomic E-state index is -4.94. The van der Waals surface area contributed by atoms with E-state index in [4.69, 9.17) is 23.4 Å². The summed E-state index contributed by atoms with van der Waals surface area (Å²) >= 11 is 0. The van der Waals surface area contributed by atoms with Crippen molar-refractivity contribution in [3.63, 3.8) is 0 Å². The van der Waals surface area contributed by atoms with Gasteiger partial charge >= 0.3 is 0 Å². The number of likely N-dealkylation sites (N-methyl/N-ethyl adjacent to an activating group) is 1. The standard InChI is InChI=1S/C14H22NO.ClHO4/c1-13(2)11-15(4,5)14(3,16-13)12-9-7-6-8-10-12;2-1(3,4)5/h6-10H,11H2,1-5H3;(H,2,3,4,5)/q+1;/p-1. The number of hydrogen-bond acceptors (Lipinski definition) is 5. The molecule has 1 aliphatic heterocycles. The van der Waals surface area contributed by atoms with E-state index in [1.165, 1.54) is 5.56 Å². The summed E-state index contributed by atoms with van der Waals surface area (Å²) < 4.78 is 41.1. The second-order valence-electron chi connectivity index (χ2n) is 6.43. The van der Waals surface area contributed by atoms with Crippen molar-refractivity contribution >= 4 is 0 Å². The van der Waals surface area contributed by atoms with Crippen molar-refractivity contribution in [2.45, 2.75) is 32.1 Å². The van der Waals surface area contributed by atoms with Crippen LogP contribution in [-0.4, -0.2) is 30.7 Å². The molecule has 120 valence electrons. The van der Waals surface area contributed by atoms with Gasteiger partial charge in [0.1, 0.15) is 12.1 Å². The Bertz CT molecular complexity index is 466. The molecular formula is C14H22ClNO5. The molecule has 1 aliphatic rings. The van der Waals surface area contributed by atoms with Crippen LogP contribution in [0.25, 0.3) is 0 Å². The Morgan fingerprint density at radius 1 is 1.00 bits per heavy atom. The topological polar surface area (TPSA) is 101 Å². The lowest BCUT2D eigenvalue weighted by Gasteiger charge is -2.38. The summed E-state index contributed by atoms with van der Waals surface area (Å²) in [5.41, 5.74) is 0.948. The molecule has 0 amide bonds. The maximum atomic E-state index is 8.49. The molecule has 6 nitrogen and oxygen atoms in total. The quantitative estimate of drug-likeness (QED) is 0.557. The van der Waals surface area contributed by atoms with Crippen molar-refractivity contribution in [1.29, 1.82) is 0 Å². The SMILES string of the molecule is CC1(C)C[N+](C)(C)C(C)(c2ccccc2)O1.[O-][Cl+3]([O-])([O-])[O-]. The van der Waals surface area contributed by atoms with Gasteiger partial charge in [-0.2, -0.15) is 0 Å². The van der Waals surface area contributed by atoms with Crippen LogP contribution in [0.3, 0.4) is 0 Å². The summed E-state index contributed by atoms with van der Waals surface area (Å²) in [6.45, 7) is 7.55. The Labute approximate surface area is 127 Å². The van der Waals surface area contributed by atoms with Crippen LogP contribution in [0.15, 0.2) is 30.3 Å². The molecule has 0 aliphatic carbocycles. The molecule has 7 heteroatoms. The van der Waals surface area contributed by atoms with E-state index in [1.807, 2.05) is 6.07 Å². The third kappa shape index (κ3) is 4.89. The average Bonchev–Trinajstić information content (AvgIpc) is 2.42. The van der Waals surface area contributed by atoms with Crippen molar-refractivity contribution in [2.75, 3.05) is 20.6 Å². The summed E-state index contributed by atoms with van der Waals surface area (Å²) in [7, 11) is -0.469. The highest BCUT2D eigenvalue weighted by atomic mass is 35.7. The van der Waals surface area contributed by atoms with Crippen LogP contribution in [0.1, 0.15) is 26.3 Å². The monoisotopic (exact) mass is 319 g/mol. The van der Waals surface area contributed by atoms with Gasteiger partial charge in [0, 0.05) is 12.5 Å². The minimum absolute atomic E-state index is 0.0614. The van der Waals surface area contributed by atoms with Crippen molar-refractivity contribution in [1.82, 2.24) is 0 Å². The van der Waals surface area contributed by atoms with Gasteiger partial charge in [0.15, 0.2) is 0 Å². The molecule has 1 fully saturated rings. The van der Waals surface area contributed by atoms with Crippen molar-refractivity contribution in [3.8, 4) is 0 Å². The molecule has 1 saturated heterocycles. The third-order valence-corrected chi connectivity index (χ3v) is 3.72. The van der Waals surface area contributed by atoms with E-state index in [-0.39, 0.29) is 11.3 Å². The van der Waals surface area contributed by atoms with Gasteiger partial charge in [-0.3, -0.25) is 4.48 Å². The number of benzene rings is 1. The van der Waals surface area contributed by atoms with Crippen LogP contribution in [0, 0.1) is 10.2 Å². The van der Waals surface area contributed by atoms with E-state index < -0.39 is 10.2 Å². The second kappa shape index (κ2) is 5.81. The number of halogens is 1. The molecule has 1 aromatic rings. The van der Waals surface area contributed by atoms with E-state index in [9.17, 15) is 0 Å². The first kappa shape index (κ1) is 18.3. The summed E-state index contributed by atoms with van der Waals surface area (Å²) in [6.07, 6.45) is 0. The van der Waals surface area contributed by atoms with Gasteiger partial charge < -0.3 is 4.74 Å². The van der Waals surface area contributed by atoms with Crippen LogP contribution in [0.2, 0.25) is 0 Å². The summed E-state index contributed by atoms with van der Waals surface area (Å²) in [5, 5.41) is 0. The zero-order valence-corrected chi connectivity index (χ0v) is 13.7. The van der Waals surface area contributed by atoms with Gasteiger partial charge in [-0.25, -0.2) is 18.6 Å². The Kier molecular flexibility index (Phi) is 5.07. The molecule has 21 heavy (non-hydrogen) atoms. The zero-order chi connectivity index (χ0) is 16.5. The van der Waals surface area contributed by atoms with Crippen LogP contribution in [-0.2, 0) is 10.5 Å². The molecule has 0 spiro atoms. The highest BCUT2D eigenvalue weighted by molar-refractivity contribution is 5.20. The van der Waals surface area contributed by atoms with Crippen LogP contribution >= 0.6 is 0 Å². The first-order valence-electron chi connectivity index (χ1n) is 6.47. The molecule has 1 heterocycles. The lowest BCUT2D eigenvalue weighted by molar-refractivity contribution is -2.00. The fraction of sp³-hybridized carbons (Fsp3) is 0.571. The van der Waals surface area contributed by atoms with E-state index in [0.29, 0.717) is 0 Å². The maximum Gasteiger partial charge on any atom is 0.227 e. The van der Waals surface area contributed by atoms with E-state index in [0.717, 1.165) is 11.0 Å². The fourth-order valence-electron chi connectivity index (χ4n) is 2.95. The van der Waals surface area contributed by atoms with Crippen molar-refractivity contribution < 1.29 is 38.1 Å². The van der Waals surface area contributed by atoms with Gasteiger partial charge in [-0.15, -0.1) is 10.2 Å². The highest BCUT2D eigenvalue weighted by Crippen LogP contribution is 2.44. The number of hydrogen-bond donors (Lipinski definition) is 0. The molecule has 1 aromatic carbocycles. The van der Waals surface area contributed by atoms with Crippen molar-refractivity contribution in [2.24, 2.45) is 0 Å². The first-order chi connectivity index (χ1) is 9.27. The summed E-state index contributed by atoms with van der Waals surface area (Å²) in [6, 6.07) is 10.5. The molecule has 0 bridgehead atoms. The highest BCUT2D eigenvalue weighted by Gasteiger charge is 2.56. The molecule has 2 rings (SSSR count). The summed E-state index contributed by atoms with van der Waals surface area (Å²) in [5.74, 6) is 0. The Hall–Kier alpha value is -0.730. The molecule has 0 radical (unpaired) electrons. The summed E-state index contributed by atoms with van der Waals surface area (Å²) in [4.78, 5) is 0.